The molecule has 0 amide bonds. The molecule has 1 aliphatic rings. The largest absolute Gasteiger partial charge is 0.458 e. The van der Waals surface area contributed by atoms with Gasteiger partial charge in [-0.3, -0.25) is 0 Å². The number of imidazole rings is 1. The van der Waals surface area contributed by atoms with Gasteiger partial charge in [0.1, 0.15) is 6.61 Å². The molecule has 0 aliphatic heterocycles. The van der Waals surface area contributed by atoms with Crippen LogP contribution in [-0.4, -0.2) is 34.7 Å². The Morgan fingerprint density at radius 2 is 2.04 bits per heavy atom. The summed E-state index contributed by atoms with van der Waals surface area (Å²) in [5, 5.41) is 12.9. The molecule has 0 atom stereocenters. The molecule has 8 heteroatoms. The summed E-state index contributed by atoms with van der Waals surface area (Å²) in [5.74, 6) is 0.566. The number of aromatic nitrogens is 7. The van der Waals surface area contributed by atoms with E-state index in [0.29, 0.717) is 18.6 Å². The zero-order valence-corrected chi connectivity index (χ0v) is 14.8. The van der Waals surface area contributed by atoms with Crippen molar-refractivity contribution in [2.45, 2.75) is 19.4 Å². The van der Waals surface area contributed by atoms with E-state index in [0.717, 1.165) is 40.8 Å². The predicted octanol–water partition coefficient (Wildman–Crippen LogP) is 2.48. The average molecular weight is 359 g/mol. The molecule has 5 rings (SSSR count). The third-order valence-corrected chi connectivity index (χ3v) is 4.59. The van der Waals surface area contributed by atoms with Crippen molar-refractivity contribution in [3.05, 3.63) is 59.6 Å². The number of nitrogens with zero attached hydrogens (tertiary/aromatic N) is 7. The third-order valence-electron chi connectivity index (χ3n) is 4.59. The van der Waals surface area contributed by atoms with Gasteiger partial charge >= 0.3 is 6.01 Å². The second kappa shape index (κ2) is 6.31. The zero-order chi connectivity index (χ0) is 18.2. The number of tetrazole rings is 1. The first kappa shape index (κ1) is 15.7. The molecular formula is C19H17N7O. The Kier molecular flexibility index (Phi) is 3.67. The predicted molar refractivity (Wildman–Crippen MR) is 99.4 cm³/mol. The van der Waals surface area contributed by atoms with E-state index in [1.807, 2.05) is 47.0 Å². The van der Waals surface area contributed by atoms with Gasteiger partial charge in [0.15, 0.2) is 0 Å². The fraction of sp³-hybridized carbons (Fsp3) is 0.211. The number of benzene rings is 1. The van der Waals surface area contributed by atoms with Crippen molar-refractivity contribution >= 4 is 17.0 Å². The monoisotopic (exact) mass is 359 g/mol. The Morgan fingerprint density at radius 3 is 2.93 bits per heavy atom. The Hall–Kier alpha value is -3.55. The quantitative estimate of drug-likeness (QED) is 0.557. The van der Waals surface area contributed by atoms with Crippen LogP contribution in [0, 0.1) is 0 Å². The molecule has 4 aromatic rings. The summed E-state index contributed by atoms with van der Waals surface area (Å²) in [6.07, 6.45) is 6.00. The molecule has 0 bridgehead atoms. The highest BCUT2D eigenvalue weighted by atomic mass is 16.5. The summed E-state index contributed by atoms with van der Waals surface area (Å²) in [6.45, 7) is 0.315. The Bertz CT molecular complexity index is 1160. The van der Waals surface area contributed by atoms with Crippen LogP contribution in [0.25, 0.3) is 22.9 Å². The van der Waals surface area contributed by atoms with Crippen LogP contribution in [0.15, 0.2) is 42.5 Å². The van der Waals surface area contributed by atoms with Gasteiger partial charge in [0, 0.05) is 12.4 Å². The topological polar surface area (TPSA) is 83.5 Å². The van der Waals surface area contributed by atoms with Crippen LogP contribution in [0.3, 0.4) is 0 Å². The highest BCUT2D eigenvalue weighted by molar-refractivity contribution is 5.78. The second-order valence-electron chi connectivity index (χ2n) is 6.39. The Balaban J connectivity index is 1.50. The SMILES string of the molecule is Cn1nnnc1-n1c(OCc2ccc3ccccc3n2)nc2c1C=CCC2. The van der Waals surface area contributed by atoms with E-state index in [1.165, 1.54) is 0 Å². The number of aryl methyl sites for hydroxylation is 2. The normalized spacial score (nSPS) is 13.1. The number of para-hydroxylation sites is 1. The van der Waals surface area contributed by atoms with Crippen LogP contribution < -0.4 is 4.74 Å². The molecule has 0 saturated heterocycles. The van der Waals surface area contributed by atoms with Crippen LogP contribution in [-0.2, 0) is 20.1 Å². The van der Waals surface area contributed by atoms with E-state index in [1.54, 1.807) is 11.7 Å². The lowest BCUT2D eigenvalue weighted by Crippen LogP contribution is -2.10. The molecule has 27 heavy (non-hydrogen) atoms. The molecule has 0 spiro atoms. The number of allylic oxidation sites excluding steroid dienone is 1. The van der Waals surface area contributed by atoms with E-state index in [9.17, 15) is 0 Å². The van der Waals surface area contributed by atoms with Gasteiger partial charge in [0.2, 0.25) is 0 Å². The molecule has 0 fully saturated rings. The lowest BCUT2D eigenvalue weighted by Gasteiger charge is -2.10. The zero-order valence-electron chi connectivity index (χ0n) is 14.8. The maximum Gasteiger partial charge on any atom is 0.304 e. The number of fused-ring (bicyclic) bond motifs is 2. The molecule has 0 unspecified atom stereocenters. The summed E-state index contributed by atoms with van der Waals surface area (Å²) in [4.78, 5) is 9.34. The minimum atomic E-state index is 0.315. The molecule has 3 heterocycles. The number of rotatable bonds is 4. The number of hydrogen-bond acceptors (Lipinski definition) is 6. The molecule has 0 saturated carbocycles. The fourth-order valence-corrected chi connectivity index (χ4v) is 3.26. The first-order valence-corrected chi connectivity index (χ1v) is 8.78. The molecule has 1 aromatic carbocycles. The van der Waals surface area contributed by atoms with Crippen molar-refractivity contribution in [2.24, 2.45) is 7.05 Å². The van der Waals surface area contributed by atoms with Crippen LogP contribution in [0.4, 0.5) is 0 Å². The smallest absolute Gasteiger partial charge is 0.304 e. The second-order valence-corrected chi connectivity index (χ2v) is 6.39. The number of ether oxygens (including phenoxy) is 1. The lowest BCUT2D eigenvalue weighted by molar-refractivity contribution is 0.270. The van der Waals surface area contributed by atoms with Gasteiger partial charge in [-0.1, -0.05) is 35.4 Å². The lowest BCUT2D eigenvalue weighted by atomic mass is 10.1. The van der Waals surface area contributed by atoms with Gasteiger partial charge in [0.25, 0.3) is 5.95 Å². The van der Waals surface area contributed by atoms with Crippen molar-refractivity contribution in [3.63, 3.8) is 0 Å². The van der Waals surface area contributed by atoms with Gasteiger partial charge < -0.3 is 4.74 Å². The van der Waals surface area contributed by atoms with Gasteiger partial charge in [-0.25, -0.2) is 14.2 Å². The van der Waals surface area contributed by atoms with E-state index < -0.39 is 0 Å². The minimum Gasteiger partial charge on any atom is -0.458 e. The standard InChI is InChI=1S/C19H17N7O/c1-25-18(22-23-24-25)26-17-9-5-4-8-16(17)21-19(26)27-12-14-11-10-13-6-2-3-7-15(13)20-14/h2-3,5-7,9-11H,4,8,12H2,1H3. The molecule has 3 aromatic heterocycles. The summed E-state index contributed by atoms with van der Waals surface area (Å²) in [6, 6.07) is 12.5. The summed E-state index contributed by atoms with van der Waals surface area (Å²) in [5.41, 5.74) is 3.73. The van der Waals surface area contributed by atoms with Gasteiger partial charge in [-0.2, -0.15) is 4.98 Å². The number of pyridine rings is 1. The molecule has 0 N–H and O–H groups in total. The Morgan fingerprint density at radius 1 is 1.11 bits per heavy atom. The summed E-state index contributed by atoms with van der Waals surface area (Å²) < 4.78 is 9.51. The van der Waals surface area contributed by atoms with Crippen molar-refractivity contribution in [2.75, 3.05) is 0 Å². The average Bonchev–Trinajstić information content (AvgIpc) is 3.28. The highest BCUT2D eigenvalue weighted by Crippen LogP contribution is 2.27. The van der Waals surface area contributed by atoms with E-state index in [4.69, 9.17) is 4.74 Å². The summed E-state index contributed by atoms with van der Waals surface area (Å²) >= 11 is 0. The minimum absolute atomic E-state index is 0.315. The van der Waals surface area contributed by atoms with Gasteiger partial charge in [-0.15, -0.1) is 0 Å². The van der Waals surface area contributed by atoms with Crippen LogP contribution in [0.2, 0.25) is 0 Å². The van der Waals surface area contributed by atoms with Gasteiger partial charge in [-0.05, 0) is 41.5 Å². The number of hydrogen-bond donors (Lipinski definition) is 0. The maximum absolute atomic E-state index is 6.05. The fourth-order valence-electron chi connectivity index (χ4n) is 3.26. The van der Waals surface area contributed by atoms with E-state index >= 15 is 0 Å². The first-order valence-electron chi connectivity index (χ1n) is 8.78. The van der Waals surface area contributed by atoms with E-state index in [-0.39, 0.29) is 0 Å². The molecular weight excluding hydrogens is 342 g/mol. The van der Waals surface area contributed by atoms with Crippen LogP contribution in [0.5, 0.6) is 6.01 Å². The molecule has 0 radical (unpaired) electrons. The first-order chi connectivity index (χ1) is 13.3. The van der Waals surface area contributed by atoms with Crippen molar-refractivity contribution in [1.29, 1.82) is 0 Å². The van der Waals surface area contributed by atoms with Crippen molar-refractivity contribution < 1.29 is 4.74 Å². The Labute approximate surface area is 155 Å². The highest BCUT2D eigenvalue weighted by Gasteiger charge is 2.22. The maximum atomic E-state index is 6.05. The van der Waals surface area contributed by atoms with Crippen molar-refractivity contribution in [1.82, 2.24) is 34.7 Å². The van der Waals surface area contributed by atoms with Gasteiger partial charge in [0.05, 0.1) is 22.6 Å². The van der Waals surface area contributed by atoms with E-state index in [2.05, 4.69) is 31.6 Å². The third kappa shape index (κ3) is 2.75. The van der Waals surface area contributed by atoms with Crippen molar-refractivity contribution in [3.8, 4) is 12.0 Å². The van der Waals surface area contributed by atoms with Crippen LogP contribution in [0.1, 0.15) is 23.5 Å². The van der Waals surface area contributed by atoms with Crippen LogP contribution >= 0.6 is 0 Å². The summed E-state index contributed by atoms with van der Waals surface area (Å²) in [7, 11) is 1.79. The molecule has 134 valence electrons. The molecule has 1 aliphatic carbocycles. The molecule has 8 nitrogen and oxygen atoms in total.